The van der Waals surface area contributed by atoms with E-state index in [1.807, 2.05) is 35.9 Å². The first-order chi connectivity index (χ1) is 13.6. The zero-order valence-corrected chi connectivity index (χ0v) is 16.0. The zero-order chi connectivity index (χ0) is 20.5. The van der Waals surface area contributed by atoms with Crippen LogP contribution in [0.1, 0.15) is 18.3 Å². The molecule has 0 bridgehead atoms. The number of imidazole rings is 1. The Morgan fingerprint density at radius 2 is 2.00 bits per heavy atom. The third-order valence-corrected chi connectivity index (χ3v) is 3.86. The van der Waals surface area contributed by atoms with Gasteiger partial charge in [-0.3, -0.25) is 8.78 Å². The van der Waals surface area contributed by atoms with Crippen molar-refractivity contribution in [3.63, 3.8) is 0 Å². The van der Waals surface area contributed by atoms with E-state index in [1.54, 1.807) is 30.0 Å². The van der Waals surface area contributed by atoms with Crippen molar-refractivity contribution in [2.24, 2.45) is 0 Å². The number of hydrogen-bond acceptors (Lipinski definition) is 3. The summed E-state index contributed by atoms with van der Waals surface area (Å²) < 4.78 is 38.8. The van der Waals surface area contributed by atoms with Gasteiger partial charge in [-0.1, -0.05) is 11.3 Å². The van der Waals surface area contributed by atoms with E-state index in [0.717, 1.165) is 22.6 Å². The lowest BCUT2D eigenvalue weighted by atomic mass is 10.2. The van der Waals surface area contributed by atoms with Gasteiger partial charge in [-0.25, -0.2) is 14.1 Å². The van der Waals surface area contributed by atoms with Crippen LogP contribution in [0.2, 0.25) is 0 Å². The quantitative estimate of drug-likeness (QED) is 0.564. The number of hydrogen-bond donors (Lipinski definition) is 0. The summed E-state index contributed by atoms with van der Waals surface area (Å²) in [5.41, 5.74) is 3.88. The highest BCUT2D eigenvalue weighted by atomic mass is 19.1. The number of halogens is 3. The van der Waals surface area contributed by atoms with Gasteiger partial charge >= 0.3 is 0 Å². The number of aromatic nitrogens is 5. The van der Waals surface area contributed by atoms with Crippen molar-refractivity contribution >= 4 is 11.8 Å². The maximum Gasteiger partial charge on any atom is 0.137 e. The summed E-state index contributed by atoms with van der Waals surface area (Å²) in [5.74, 6) is -0.337. The van der Waals surface area contributed by atoms with E-state index >= 15 is 0 Å². The lowest BCUT2D eigenvalue weighted by Crippen LogP contribution is -1.92. The minimum absolute atomic E-state index is 0.300. The summed E-state index contributed by atoms with van der Waals surface area (Å²) in [5, 5.41) is 8.29. The van der Waals surface area contributed by atoms with E-state index < -0.39 is 6.67 Å². The second-order valence-electron chi connectivity index (χ2n) is 5.72. The van der Waals surface area contributed by atoms with Gasteiger partial charge in [0.2, 0.25) is 0 Å². The zero-order valence-electron chi connectivity index (χ0n) is 16.0. The van der Waals surface area contributed by atoms with Crippen LogP contribution in [-0.4, -0.2) is 38.2 Å². The molecule has 0 saturated carbocycles. The topological polar surface area (TPSA) is 48.0 Å². The summed E-state index contributed by atoms with van der Waals surface area (Å²) >= 11 is 0. The van der Waals surface area contributed by atoms with Crippen LogP contribution >= 0.6 is 0 Å². The molecule has 0 aliphatic rings. The van der Waals surface area contributed by atoms with Gasteiger partial charge < -0.3 is 4.40 Å². The first kappa shape index (κ1) is 21.1. The highest BCUT2D eigenvalue weighted by Gasteiger charge is 2.11. The van der Waals surface area contributed by atoms with Crippen molar-refractivity contribution < 1.29 is 13.2 Å². The molecule has 3 heterocycles. The van der Waals surface area contributed by atoms with E-state index in [-0.39, 0.29) is 5.83 Å². The van der Waals surface area contributed by atoms with E-state index in [0.29, 0.717) is 19.3 Å². The van der Waals surface area contributed by atoms with Crippen molar-refractivity contribution in [2.45, 2.75) is 20.3 Å². The first-order valence-corrected chi connectivity index (χ1v) is 8.62. The normalized spacial score (nSPS) is 12.1. The SMILES string of the molecule is CF.C\C=C/C(F)=C\C=C\n1nnc(-c2ccc3nc(CCF)cn3c2)c1C. The summed E-state index contributed by atoms with van der Waals surface area (Å²) in [6.07, 6.45) is 11.6. The summed E-state index contributed by atoms with van der Waals surface area (Å²) in [6, 6.07) is 3.76. The fourth-order valence-corrected chi connectivity index (χ4v) is 2.58. The molecule has 0 unspecified atom stereocenters. The van der Waals surface area contributed by atoms with E-state index in [9.17, 15) is 13.2 Å². The molecule has 5 nitrogen and oxygen atoms in total. The summed E-state index contributed by atoms with van der Waals surface area (Å²) in [6.45, 7) is 3.21. The molecule has 0 radical (unpaired) electrons. The van der Waals surface area contributed by atoms with Gasteiger partial charge in [0, 0.05) is 30.6 Å². The highest BCUT2D eigenvalue weighted by molar-refractivity contribution is 5.63. The average Bonchev–Trinajstić information content (AvgIpc) is 3.26. The van der Waals surface area contributed by atoms with Gasteiger partial charge in [-0.2, -0.15) is 0 Å². The number of alkyl halides is 2. The molecule has 0 spiro atoms. The Bertz CT molecular complexity index is 999. The molecule has 148 valence electrons. The predicted molar refractivity (Wildman–Crippen MR) is 105 cm³/mol. The summed E-state index contributed by atoms with van der Waals surface area (Å²) in [4.78, 5) is 4.36. The van der Waals surface area contributed by atoms with Crippen LogP contribution < -0.4 is 0 Å². The molecule has 0 aromatic carbocycles. The maximum atomic E-state index is 13.3. The fourth-order valence-electron chi connectivity index (χ4n) is 2.58. The molecule has 0 aliphatic heterocycles. The van der Waals surface area contributed by atoms with Crippen molar-refractivity contribution in [2.75, 3.05) is 13.9 Å². The number of rotatable bonds is 6. The van der Waals surface area contributed by atoms with Gasteiger partial charge in [0.05, 0.1) is 25.2 Å². The molecular formula is C20H22F3N5. The monoisotopic (exact) mass is 389 g/mol. The minimum Gasteiger partial charge on any atom is -0.306 e. The van der Waals surface area contributed by atoms with Crippen LogP contribution in [0.4, 0.5) is 13.2 Å². The molecule has 3 aromatic heterocycles. The molecular weight excluding hydrogens is 367 g/mol. The molecule has 8 heteroatoms. The molecule has 0 saturated heterocycles. The van der Waals surface area contributed by atoms with E-state index in [1.165, 1.54) is 12.2 Å². The minimum atomic E-state index is -0.431. The average molecular weight is 389 g/mol. The Kier molecular flexibility index (Phi) is 7.74. The number of fused-ring (bicyclic) bond motifs is 1. The maximum absolute atomic E-state index is 13.3. The molecule has 3 aromatic rings. The van der Waals surface area contributed by atoms with Crippen LogP contribution in [0, 0.1) is 6.92 Å². The van der Waals surface area contributed by atoms with Gasteiger partial charge in [-0.05, 0) is 44.2 Å². The predicted octanol–water partition coefficient (Wildman–Crippen LogP) is 4.90. The Labute approximate surface area is 161 Å². The number of pyridine rings is 1. The highest BCUT2D eigenvalue weighted by Crippen LogP contribution is 2.21. The van der Waals surface area contributed by atoms with Crippen LogP contribution in [-0.2, 0) is 6.42 Å². The molecule has 0 fully saturated rings. The second-order valence-corrected chi connectivity index (χ2v) is 5.72. The first-order valence-electron chi connectivity index (χ1n) is 8.62. The Hall–Kier alpha value is -3.16. The third-order valence-electron chi connectivity index (χ3n) is 3.86. The van der Waals surface area contributed by atoms with Gasteiger partial charge in [-0.15, -0.1) is 5.10 Å². The van der Waals surface area contributed by atoms with Crippen molar-refractivity contribution in [3.05, 3.63) is 66.0 Å². The summed E-state index contributed by atoms with van der Waals surface area (Å²) in [7, 11) is 0.500. The Balaban J connectivity index is 0.00000136. The largest absolute Gasteiger partial charge is 0.306 e. The number of aryl methyl sites for hydroxylation is 1. The third kappa shape index (κ3) is 4.97. The van der Waals surface area contributed by atoms with Crippen LogP contribution in [0.5, 0.6) is 0 Å². The van der Waals surface area contributed by atoms with E-state index in [4.69, 9.17) is 0 Å². The molecule has 0 N–H and O–H groups in total. The second kappa shape index (κ2) is 10.2. The molecule has 28 heavy (non-hydrogen) atoms. The number of allylic oxidation sites excluding steroid dienone is 5. The standard InChI is InChI=1S/C19H19F2N5.CH3F/c1-3-5-16(21)6-4-11-26-14(2)19(23-24-26)15-7-8-18-22-17(9-10-20)13-25(18)12-15;1-2/h3-8,11-13H,9-10H2,1-2H3;1H3/b5-3-,11-4+,16-6+;. The van der Waals surface area contributed by atoms with E-state index in [2.05, 4.69) is 15.3 Å². The Morgan fingerprint density at radius 3 is 2.71 bits per heavy atom. The van der Waals surface area contributed by atoms with Gasteiger partial charge in [0.15, 0.2) is 0 Å². The van der Waals surface area contributed by atoms with Crippen LogP contribution in [0.3, 0.4) is 0 Å². The van der Waals surface area contributed by atoms with Gasteiger partial charge in [0.25, 0.3) is 0 Å². The molecule has 0 atom stereocenters. The smallest absolute Gasteiger partial charge is 0.137 e. The Morgan fingerprint density at radius 1 is 1.21 bits per heavy atom. The number of nitrogens with zero attached hydrogens (tertiary/aromatic N) is 5. The van der Waals surface area contributed by atoms with Crippen molar-refractivity contribution in [1.29, 1.82) is 0 Å². The lowest BCUT2D eigenvalue weighted by Gasteiger charge is -2.00. The van der Waals surface area contributed by atoms with Crippen molar-refractivity contribution in [1.82, 2.24) is 24.4 Å². The van der Waals surface area contributed by atoms with Gasteiger partial charge in [0.1, 0.15) is 17.2 Å². The fraction of sp³-hybridized carbons (Fsp3) is 0.250. The van der Waals surface area contributed by atoms with Crippen molar-refractivity contribution in [3.8, 4) is 11.3 Å². The molecule has 0 aliphatic carbocycles. The van der Waals surface area contributed by atoms with Crippen LogP contribution in [0.25, 0.3) is 23.1 Å². The lowest BCUT2D eigenvalue weighted by molar-refractivity contribution is 0.492. The van der Waals surface area contributed by atoms with Crippen LogP contribution in [0.15, 0.2) is 54.7 Å². The molecule has 3 rings (SSSR count). The molecule has 0 amide bonds.